The maximum absolute atomic E-state index is 12.4. The topological polar surface area (TPSA) is 82.2 Å². The number of para-hydroxylation sites is 1. The number of benzene rings is 2. The Labute approximate surface area is 151 Å². The molecule has 3 rings (SSSR count). The van der Waals surface area contributed by atoms with Crippen LogP contribution in [0.2, 0.25) is 0 Å². The molecule has 1 heterocycles. The van der Waals surface area contributed by atoms with Crippen molar-refractivity contribution in [2.45, 2.75) is 19.4 Å². The molecule has 0 unspecified atom stereocenters. The van der Waals surface area contributed by atoms with E-state index in [0.29, 0.717) is 5.57 Å². The Kier molecular flexibility index (Phi) is 5.17. The second-order valence-corrected chi connectivity index (χ2v) is 6.17. The van der Waals surface area contributed by atoms with Crippen molar-refractivity contribution in [3.05, 3.63) is 77.5 Å². The zero-order chi connectivity index (χ0) is 18.5. The molecule has 5 nitrogen and oxygen atoms in total. The zero-order valence-electron chi connectivity index (χ0n) is 14.4. The van der Waals surface area contributed by atoms with Crippen molar-refractivity contribution < 1.29 is 14.7 Å². The van der Waals surface area contributed by atoms with Crippen LogP contribution < -0.4 is 5.32 Å². The molecule has 2 aromatic carbocycles. The molecule has 0 aliphatic rings. The lowest BCUT2D eigenvalue weighted by Crippen LogP contribution is -2.42. The van der Waals surface area contributed by atoms with Gasteiger partial charge in [-0.2, -0.15) is 0 Å². The highest BCUT2D eigenvalue weighted by Crippen LogP contribution is 2.19. The van der Waals surface area contributed by atoms with E-state index in [9.17, 15) is 14.7 Å². The van der Waals surface area contributed by atoms with Crippen LogP contribution in [0.5, 0.6) is 0 Å². The Morgan fingerprint density at radius 2 is 1.81 bits per heavy atom. The van der Waals surface area contributed by atoms with E-state index < -0.39 is 12.0 Å². The first kappa shape index (κ1) is 17.5. The number of aliphatic carboxylic acids is 1. The minimum atomic E-state index is -1.06. The van der Waals surface area contributed by atoms with E-state index in [1.165, 1.54) is 0 Å². The van der Waals surface area contributed by atoms with Crippen LogP contribution in [0.25, 0.3) is 17.0 Å². The van der Waals surface area contributed by atoms with E-state index in [2.05, 4.69) is 10.3 Å². The highest BCUT2D eigenvalue weighted by Gasteiger charge is 2.22. The van der Waals surface area contributed by atoms with Gasteiger partial charge in [-0.05, 0) is 30.2 Å². The van der Waals surface area contributed by atoms with E-state index in [1.807, 2.05) is 54.6 Å². The summed E-state index contributed by atoms with van der Waals surface area (Å²) in [6, 6.07) is 16.1. The fourth-order valence-corrected chi connectivity index (χ4v) is 2.86. The van der Waals surface area contributed by atoms with Gasteiger partial charge in [0.15, 0.2) is 0 Å². The molecule has 5 heteroatoms. The van der Waals surface area contributed by atoms with Crippen molar-refractivity contribution in [2.75, 3.05) is 0 Å². The number of rotatable bonds is 6. The number of nitrogens with one attached hydrogen (secondary N) is 2. The number of carboxylic acids is 1. The Morgan fingerprint density at radius 3 is 2.54 bits per heavy atom. The molecule has 1 amide bonds. The number of carboxylic acid groups (broad SMARTS) is 1. The smallest absolute Gasteiger partial charge is 0.326 e. The molecule has 0 aliphatic heterocycles. The maximum atomic E-state index is 12.4. The molecule has 26 heavy (non-hydrogen) atoms. The SMILES string of the molecule is C/C(=C\c1ccccc1)C(=O)N[C@@H](Cc1c[nH]c2ccccc12)C(=O)O. The largest absolute Gasteiger partial charge is 0.480 e. The predicted octanol–water partition coefficient (Wildman–Crippen LogP) is 3.38. The number of fused-ring (bicyclic) bond motifs is 1. The van der Waals surface area contributed by atoms with Gasteiger partial charge >= 0.3 is 5.97 Å². The van der Waals surface area contributed by atoms with Crippen molar-refractivity contribution in [1.29, 1.82) is 0 Å². The zero-order valence-corrected chi connectivity index (χ0v) is 14.4. The highest BCUT2D eigenvalue weighted by molar-refractivity contribution is 5.99. The molecule has 1 aromatic heterocycles. The first-order chi connectivity index (χ1) is 12.5. The van der Waals surface area contributed by atoms with Gasteiger partial charge in [-0.3, -0.25) is 4.79 Å². The lowest BCUT2D eigenvalue weighted by Gasteiger charge is -2.14. The molecule has 0 saturated carbocycles. The van der Waals surface area contributed by atoms with Crippen LogP contribution >= 0.6 is 0 Å². The van der Waals surface area contributed by atoms with E-state index in [-0.39, 0.29) is 12.3 Å². The first-order valence-electron chi connectivity index (χ1n) is 8.36. The first-order valence-corrected chi connectivity index (χ1v) is 8.36. The summed E-state index contributed by atoms with van der Waals surface area (Å²) in [7, 11) is 0. The van der Waals surface area contributed by atoms with Crippen molar-refractivity contribution in [3.8, 4) is 0 Å². The monoisotopic (exact) mass is 348 g/mol. The van der Waals surface area contributed by atoms with Crippen LogP contribution in [-0.2, 0) is 16.0 Å². The molecule has 3 aromatic rings. The number of amides is 1. The summed E-state index contributed by atoms with van der Waals surface area (Å²) in [4.78, 5) is 27.2. The van der Waals surface area contributed by atoms with Gasteiger partial charge in [0.1, 0.15) is 6.04 Å². The summed E-state index contributed by atoms with van der Waals surface area (Å²) >= 11 is 0. The number of carbonyl (C=O) groups excluding carboxylic acids is 1. The highest BCUT2D eigenvalue weighted by atomic mass is 16.4. The van der Waals surface area contributed by atoms with Gasteiger partial charge < -0.3 is 15.4 Å². The average molecular weight is 348 g/mol. The third-order valence-electron chi connectivity index (χ3n) is 4.24. The Morgan fingerprint density at radius 1 is 1.12 bits per heavy atom. The molecule has 0 spiro atoms. The van der Waals surface area contributed by atoms with Crippen molar-refractivity contribution >= 4 is 28.9 Å². The molecule has 1 atom stereocenters. The lowest BCUT2D eigenvalue weighted by molar-refractivity contribution is -0.141. The van der Waals surface area contributed by atoms with Gasteiger partial charge in [0.05, 0.1) is 0 Å². The molecule has 3 N–H and O–H groups in total. The quantitative estimate of drug-likeness (QED) is 0.597. The number of aromatic nitrogens is 1. The van der Waals surface area contributed by atoms with E-state index >= 15 is 0 Å². The van der Waals surface area contributed by atoms with Crippen LogP contribution in [0, 0.1) is 0 Å². The van der Waals surface area contributed by atoms with Crippen LogP contribution in [0.1, 0.15) is 18.1 Å². The lowest BCUT2D eigenvalue weighted by atomic mass is 10.0. The molecule has 0 bridgehead atoms. The number of carbonyl (C=O) groups is 2. The summed E-state index contributed by atoms with van der Waals surface area (Å²) < 4.78 is 0. The number of aromatic amines is 1. The Balaban J connectivity index is 1.75. The number of H-pyrrole nitrogens is 1. The van der Waals surface area contributed by atoms with Crippen molar-refractivity contribution in [3.63, 3.8) is 0 Å². The van der Waals surface area contributed by atoms with Gasteiger partial charge in [-0.25, -0.2) is 4.79 Å². The van der Waals surface area contributed by atoms with E-state index in [1.54, 1.807) is 19.2 Å². The average Bonchev–Trinajstić information content (AvgIpc) is 3.05. The van der Waals surface area contributed by atoms with Gasteiger partial charge in [0, 0.05) is 29.1 Å². The molecule has 132 valence electrons. The van der Waals surface area contributed by atoms with Crippen LogP contribution in [0.4, 0.5) is 0 Å². The fraction of sp³-hybridized carbons (Fsp3) is 0.143. The third-order valence-corrected chi connectivity index (χ3v) is 4.24. The second-order valence-electron chi connectivity index (χ2n) is 6.17. The Bertz CT molecular complexity index is 958. The molecule has 0 fully saturated rings. The Hall–Kier alpha value is -3.34. The molecular weight excluding hydrogens is 328 g/mol. The van der Waals surface area contributed by atoms with Gasteiger partial charge in [-0.15, -0.1) is 0 Å². The van der Waals surface area contributed by atoms with E-state index in [4.69, 9.17) is 0 Å². The van der Waals surface area contributed by atoms with Crippen molar-refractivity contribution in [2.24, 2.45) is 0 Å². The normalized spacial score (nSPS) is 12.7. The van der Waals surface area contributed by atoms with Crippen LogP contribution in [0.15, 0.2) is 66.4 Å². The second kappa shape index (κ2) is 7.70. The number of hydrogen-bond donors (Lipinski definition) is 3. The molecule has 0 aliphatic carbocycles. The molecular formula is C21H20N2O3. The van der Waals surface area contributed by atoms with Crippen LogP contribution in [-0.4, -0.2) is 28.0 Å². The molecule has 0 saturated heterocycles. The van der Waals surface area contributed by atoms with Gasteiger partial charge in [0.2, 0.25) is 5.91 Å². The fourth-order valence-electron chi connectivity index (χ4n) is 2.86. The summed E-state index contributed by atoms with van der Waals surface area (Å²) in [6.07, 6.45) is 3.74. The minimum Gasteiger partial charge on any atom is -0.480 e. The third kappa shape index (κ3) is 4.00. The van der Waals surface area contributed by atoms with E-state index in [0.717, 1.165) is 22.0 Å². The summed E-state index contributed by atoms with van der Waals surface area (Å²) in [5.41, 5.74) is 3.15. The minimum absolute atomic E-state index is 0.212. The predicted molar refractivity (Wildman–Crippen MR) is 102 cm³/mol. The van der Waals surface area contributed by atoms with Crippen LogP contribution in [0.3, 0.4) is 0 Å². The maximum Gasteiger partial charge on any atom is 0.326 e. The summed E-state index contributed by atoms with van der Waals surface area (Å²) in [5.74, 6) is -1.45. The summed E-state index contributed by atoms with van der Waals surface area (Å²) in [6.45, 7) is 1.67. The van der Waals surface area contributed by atoms with Gasteiger partial charge in [-0.1, -0.05) is 48.5 Å². The van der Waals surface area contributed by atoms with Crippen molar-refractivity contribution in [1.82, 2.24) is 10.3 Å². The summed E-state index contributed by atoms with van der Waals surface area (Å²) in [5, 5.41) is 13.1. The van der Waals surface area contributed by atoms with Gasteiger partial charge in [0.25, 0.3) is 0 Å². The molecule has 0 radical (unpaired) electrons. The number of hydrogen-bond acceptors (Lipinski definition) is 2. The standard InChI is InChI=1S/C21H20N2O3/c1-14(11-15-7-3-2-4-8-15)20(24)23-19(21(25)26)12-16-13-22-18-10-6-5-9-17(16)18/h2-11,13,19,22H,12H2,1H3,(H,23,24)(H,25,26)/b14-11+/t19-/m0/s1.